The highest BCUT2D eigenvalue weighted by Crippen LogP contribution is 2.28. The highest BCUT2D eigenvalue weighted by molar-refractivity contribution is 5.31. The summed E-state index contributed by atoms with van der Waals surface area (Å²) in [5.74, 6) is 0.767. The maximum absolute atomic E-state index is 13.4. The summed E-state index contributed by atoms with van der Waals surface area (Å²) >= 11 is 0. The summed E-state index contributed by atoms with van der Waals surface area (Å²) in [6.45, 7) is 4.11. The third-order valence-corrected chi connectivity index (χ3v) is 3.37. The van der Waals surface area contributed by atoms with Crippen molar-refractivity contribution in [2.24, 2.45) is 0 Å². The van der Waals surface area contributed by atoms with Gasteiger partial charge in [-0.05, 0) is 43.5 Å². The van der Waals surface area contributed by atoms with Gasteiger partial charge in [-0.1, -0.05) is 13.8 Å². The number of hydrogen-bond donors (Lipinski definition) is 1. The van der Waals surface area contributed by atoms with Crippen LogP contribution in [0.15, 0.2) is 18.2 Å². The second-order valence-electron chi connectivity index (χ2n) is 5.07. The van der Waals surface area contributed by atoms with Crippen LogP contribution in [0.5, 0.6) is 5.75 Å². The molecule has 0 radical (unpaired) electrons. The van der Waals surface area contributed by atoms with Gasteiger partial charge in [-0.25, -0.2) is 4.39 Å². The summed E-state index contributed by atoms with van der Waals surface area (Å²) in [5, 5.41) is 3.20. The molecule has 2 nitrogen and oxygen atoms in total. The number of nitrogens with one attached hydrogen (secondary N) is 1. The van der Waals surface area contributed by atoms with Gasteiger partial charge in [0.2, 0.25) is 0 Å². The minimum Gasteiger partial charge on any atom is -0.490 e. The average molecular weight is 237 g/mol. The summed E-state index contributed by atoms with van der Waals surface area (Å²) in [4.78, 5) is 0. The molecule has 0 aliphatic heterocycles. The van der Waals surface area contributed by atoms with Crippen molar-refractivity contribution in [1.29, 1.82) is 0 Å². The normalized spacial score (nSPS) is 23.6. The number of halogens is 1. The van der Waals surface area contributed by atoms with Crippen LogP contribution in [0.2, 0.25) is 0 Å². The Morgan fingerprint density at radius 2 is 2.00 bits per heavy atom. The zero-order chi connectivity index (χ0) is 12.4. The Labute approximate surface area is 102 Å². The molecule has 0 amide bonds. The monoisotopic (exact) mass is 237 g/mol. The van der Waals surface area contributed by atoms with Gasteiger partial charge in [0.1, 0.15) is 17.7 Å². The minimum atomic E-state index is -0.212. The van der Waals surface area contributed by atoms with E-state index in [0.29, 0.717) is 17.7 Å². The quantitative estimate of drug-likeness (QED) is 0.869. The highest BCUT2D eigenvalue weighted by atomic mass is 19.1. The molecule has 0 spiro atoms. The van der Waals surface area contributed by atoms with Gasteiger partial charge in [-0.15, -0.1) is 0 Å². The van der Waals surface area contributed by atoms with Crippen LogP contribution in [0, 0.1) is 5.82 Å². The summed E-state index contributed by atoms with van der Waals surface area (Å²) < 4.78 is 19.2. The van der Waals surface area contributed by atoms with Crippen molar-refractivity contribution in [3.05, 3.63) is 29.6 Å². The Balaban J connectivity index is 2.01. The van der Waals surface area contributed by atoms with E-state index in [1.807, 2.05) is 13.1 Å². The van der Waals surface area contributed by atoms with Crippen molar-refractivity contribution in [3.63, 3.8) is 0 Å². The molecule has 1 aliphatic rings. The van der Waals surface area contributed by atoms with E-state index in [0.717, 1.165) is 18.4 Å². The maximum atomic E-state index is 13.4. The van der Waals surface area contributed by atoms with E-state index in [1.165, 1.54) is 6.07 Å². The molecule has 17 heavy (non-hydrogen) atoms. The van der Waals surface area contributed by atoms with Crippen molar-refractivity contribution >= 4 is 0 Å². The molecule has 0 unspecified atom stereocenters. The number of hydrogen-bond acceptors (Lipinski definition) is 2. The number of ether oxygens (including phenoxy) is 1. The maximum Gasteiger partial charge on any atom is 0.127 e. The van der Waals surface area contributed by atoms with Gasteiger partial charge in [0.05, 0.1) is 0 Å². The first-order chi connectivity index (χ1) is 8.08. The van der Waals surface area contributed by atoms with Crippen LogP contribution in [0.1, 0.15) is 38.2 Å². The third kappa shape index (κ3) is 2.97. The zero-order valence-corrected chi connectivity index (χ0v) is 10.7. The molecule has 2 rings (SSSR count). The number of rotatable bonds is 4. The lowest BCUT2D eigenvalue weighted by Crippen LogP contribution is -2.45. The number of benzene rings is 1. The van der Waals surface area contributed by atoms with Crippen molar-refractivity contribution in [2.45, 2.75) is 44.8 Å². The molecule has 1 N–H and O–H groups in total. The Morgan fingerprint density at radius 1 is 1.29 bits per heavy atom. The lowest BCUT2D eigenvalue weighted by Gasteiger charge is -2.35. The summed E-state index contributed by atoms with van der Waals surface area (Å²) in [6.07, 6.45) is 2.24. The van der Waals surface area contributed by atoms with Crippen LogP contribution in [-0.2, 0) is 0 Å². The van der Waals surface area contributed by atoms with Gasteiger partial charge in [0, 0.05) is 12.1 Å². The molecule has 0 saturated heterocycles. The Morgan fingerprint density at radius 3 is 2.59 bits per heavy atom. The van der Waals surface area contributed by atoms with E-state index >= 15 is 0 Å². The van der Waals surface area contributed by atoms with E-state index in [4.69, 9.17) is 4.74 Å². The molecular weight excluding hydrogens is 217 g/mol. The molecule has 0 bridgehead atoms. The SMILES string of the molecule is CN[C@H]1C[C@@H](Oc2cc(F)cc(C(C)C)c2)C1. The zero-order valence-electron chi connectivity index (χ0n) is 10.7. The standard InChI is InChI=1S/C14H20FNO/c1-9(2)10-4-11(15)6-13(5-10)17-14-7-12(8-14)16-3/h4-6,9,12,14,16H,7-8H2,1-3H3/t12-,14+. The smallest absolute Gasteiger partial charge is 0.127 e. The Kier molecular flexibility index (Phi) is 3.67. The van der Waals surface area contributed by atoms with Crippen molar-refractivity contribution in [1.82, 2.24) is 5.32 Å². The fraction of sp³-hybridized carbons (Fsp3) is 0.571. The predicted octanol–water partition coefficient (Wildman–Crippen LogP) is 3.08. The molecule has 0 aromatic heterocycles. The van der Waals surface area contributed by atoms with E-state index in [-0.39, 0.29) is 11.9 Å². The van der Waals surface area contributed by atoms with Crippen LogP contribution < -0.4 is 10.1 Å². The first kappa shape index (κ1) is 12.4. The summed E-state index contributed by atoms with van der Waals surface area (Å²) in [6, 6.07) is 5.55. The van der Waals surface area contributed by atoms with Gasteiger partial charge >= 0.3 is 0 Å². The van der Waals surface area contributed by atoms with Crippen molar-refractivity contribution in [2.75, 3.05) is 7.05 Å². The third-order valence-electron chi connectivity index (χ3n) is 3.37. The van der Waals surface area contributed by atoms with E-state index in [2.05, 4.69) is 19.2 Å². The molecule has 94 valence electrons. The van der Waals surface area contributed by atoms with Gasteiger partial charge in [0.25, 0.3) is 0 Å². The van der Waals surface area contributed by atoms with Crippen LogP contribution in [0.3, 0.4) is 0 Å². The topological polar surface area (TPSA) is 21.3 Å². The fourth-order valence-corrected chi connectivity index (χ4v) is 2.08. The Hall–Kier alpha value is -1.09. The van der Waals surface area contributed by atoms with Crippen molar-refractivity contribution < 1.29 is 9.13 Å². The summed E-state index contributed by atoms with van der Waals surface area (Å²) in [5.41, 5.74) is 0.990. The van der Waals surface area contributed by atoms with E-state index in [1.54, 1.807) is 6.07 Å². The first-order valence-corrected chi connectivity index (χ1v) is 6.23. The van der Waals surface area contributed by atoms with Gasteiger partial charge in [0.15, 0.2) is 0 Å². The molecule has 0 heterocycles. The molecule has 1 saturated carbocycles. The second-order valence-corrected chi connectivity index (χ2v) is 5.07. The average Bonchev–Trinajstić information content (AvgIpc) is 2.21. The first-order valence-electron chi connectivity index (χ1n) is 6.23. The van der Waals surface area contributed by atoms with Gasteiger partial charge in [-0.2, -0.15) is 0 Å². The van der Waals surface area contributed by atoms with Gasteiger partial charge < -0.3 is 10.1 Å². The molecule has 0 atom stereocenters. The predicted molar refractivity (Wildman–Crippen MR) is 67.0 cm³/mol. The van der Waals surface area contributed by atoms with Crippen LogP contribution in [0.25, 0.3) is 0 Å². The lowest BCUT2D eigenvalue weighted by atomic mass is 9.89. The molecule has 3 heteroatoms. The van der Waals surface area contributed by atoms with Gasteiger partial charge in [-0.3, -0.25) is 0 Å². The molecular formula is C14H20FNO. The Bertz CT molecular complexity index is 386. The largest absolute Gasteiger partial charge is 0.490 e. The van der Waals surface area contributed by atoms with Crippen LogP contribution in [0.4, 0.5) is 4.39 Å². The van der Waals surface area contributed by atoms with Crippen molar-refractivity contribution in [3.8, 4) is 5.75 Å². The summed E-state index contributed by atoms with van der Waals surface area (Å²) in [7, 11) is 1.96. The van der Waals surface area contributed by atoms with E-state index in [9.17, 15) is 4.39 Å². The fourth-order valence-electron chi connectivity index (χ4n) is 2.08. The highest BCUT2D eigenvalue weighted by Gasteiger charge is 2.29. The second kappa shape index (κ2) is 5.05. The van der Waals surface area contributed by atoms with Crippen LogP contribution in [-0.4, -0.2) is 19.2 Å². The molecule has 1 aromatic carbocycles. The van der Waals surface area contributed by atoms with Crippen LogP contribution >= 0.6 is 0 Å². The molecule has 1 aliphatic carbocycles. The molecule has 1 aromatic rings. The minimum absolute atomic E-state index is 0.212. The van der Waals surface area contributed by atoms with E-state index < -0.39 is 0 Å². The lowest BCUT2D eigenvalue weighted by molar-refractivity contribution is 0.0881. The molecule has 1 fully saturated rings.